The lowest BCUT2D eigenvalue weighted by molar-refractivity contribution is -0.138. The molecule has 2 aromatic rings. The van der Waals surface area contributed by atoms with Crippen LogP contribution < -0.4 is 5.32 Å². The lowest BCUT2D eigenvalue weighted by Crippen LogP contribution is -2.53. The van der Waals surface area contributed by atoms with Gasteiger partial charge in [0.15, 0.2) is 0 Å². The molecule has 1 aromatic carbocycles. The number of piperidine rings is 1. The van der Waals surface area contributed by atoms with E-state index in [9.17, 15) is 9.59 Å². The first-order chi connectivity index (χ1) is 14.6. The quantitative estimate of drug-likeness (QED) is 0.773. The van der Waals surface area contributed by atoms with Gasteiger partial charge in [0.1, 0.15) is 0 Å². The molecule has 2 amide bonds. The van der Waals surface area contributed by atoms with Crippen molar-refractivity contribution < 1.29 is 9.59 Å². The minimum absolute atomic E-state index is 0.0973. The lowest BCUT2D eigenvalue weighted by Gasteiger charge is -2.38. The Morgan fingerprint density at radius 2 is 1.90 bits per heavy atom. The maximum atomic E-state index is 13.0. The summed E-state index contributed by atoms with van der Waals surface area (Å²) in [5.74, 6) is 0.360. The molecular weight excluding hydrogens is 394 g/mol. The monoisotopic (exact) mass is 425 g/mol. The van der Waals surface area contributed by atoms with Gasteiger partial charge in [0.2, 0.25) is 11.8 Å². The normalized spacial score (nSPS) is 18.6. The Morgan fingerprint density at radius 1 is 1.13 bits per heavy atom. The molecule has 6 heteroatoms. The second-order valence-electron chi connectivity index (χ2n) is 8.42. The first kappa shape index (κ1) is 21.1. The van der Waals surface area contributed by atoms with E-state index >= 15 is 0 Å². The van der Waals surface area contributed by atoms with Crippen LogP contribution in [-0.4, -0.2) is 53.3 Å². The molecule has 1 aromatic heterocycles. The number of benzene rings is 1. The predicted molar refractivity (Wildman–Crippen MR) is 120 cm³/mol. The maximum absolute atomic E-state index is 13.0. The largest absolute Gasteiger partial charge is 0.353 e. The number of hydrogen-bond donors (Lipinski definition) is 1. The molecule has 0 radical (unpaired) electrons. The van der Waals surface area contributed by atoms with E-state index in [0.717, 1.165) is 51.9 Å². The van der Waals surface area contributed by atoms with Gasteiger partial charge in [0.25, 0.3) is 0 Å². The van der Waals surface area contributed by atoms with E-state index in [4.69, 9.17) is 0 Å². The summed E-state index contributed by atoms with van der Waals surface area (Å²) < 4.78 is 0. The topological polar surface area (TPSA) is 52.7 Å². The molecule has 1 unspecified atom stereocenters. The standard InChI is InChI=1S/C24H31N3O2S/c1-18(24(29)27-15-11-22-20(17-27)12-16-30-22)26-13-9-21(10-14-26)25-23(28)8-7-19-5-3-2-4-6-19/h2-6,12,16,18,21H,7-11,13-15,17H2,1H3,(H,25,28). The fraction of sp³-hybridized carbons (Fsp3) is 0.500. The average molecular weight is 426 g/mol. The Morgan fingerprint density at radius 3 is 2.67 bits per heavy atom. The third-order valence-corrected chi connectivity index (χ3v) is 7.43. The molecule has 1 fully saturated rings. The van der Waals surface area contributed by atoms with Gasteiger partial charge in [-0.15, -0.1) is 11.3 Å². The van der Waals surface area contributed by atoms with Crippen LogP contribution in [0.25, 0.3) is 0 Å². The number of amides is 2. The molecule has 160 valence electrons. The molecule has 5 nitrogen and oxygen atoms in total. The van der Waals surface area contributed by atoms with Gasteiger partial charge in [-0.2, -0.15) is 0 Å². The van der Waals surface area contributed by atoms with Crippen LogP contribution in [0.3, 0.4) is 0 Å². The second kappa shape index (κ2) is 9.75. The molecule has 2 aliphatic rings. The van der Waals surface area contributed by atoms with Crippen LogP contribution in [-0.2, 0) is 29.0 Å². The molecule has 30 heavy (non-hydrogen) atoms. The maximum Gasteiger partial charge on any atom is 0.239 e. The van der Waals surface area contributed by atoms with E-state index in [1.165, 1.54) is 16.0 Å². The van der Waals surface area contributed by atoms with Gasteiger partial charge in [-0.05, 0) is 55.2 Å². The SMILES string of the molecule is CC(C(=O)N1CCc2sccc2C1)N1CCC(NC(=O)CCc2ccccc2)CC1. The molecular formula is C24H31N3O2S. The Kier molecular flexibility index (Phi) is 6.85. The summed E-state index contributed by atoms with van der Waals surface area (Å²) >= 11 is 1.80. The molecule has 1 saturated heterocycles. The van der Waals surface area contributed by atoms with Crippen LogP contribution in [0.15, 0.2) is 41.8 Å². The van der Waals surface area contributed by atoms with Gasteiger partial charge in [0.05, 0.1) is 6.04 Å². The minimum atomic E-state index is -0.0973. The number of hydrogen-bond acceptors (Lipinski definition) is 4. The van der Waals surface area contributed by atoms with Crippen molar-refractivity contribution in [2.45, 2.75) is 57.7 Å². The minimum Gasteiger partial charge on any atom is -0.353 e. The number of aryl methyl sites for hydroxylation is 1. The zero-order valence-corrected chi connectivity index (χ0v) is 18.5. The number of rotatable bonds is 6. The molecule has 3 heterocycles. The van der Waals surface area contributed by atoms with Crippen LogP contribution >= 0.6 is 11.3 Å². The smallest absolute Gasteiger partial charge is 0.239 e. The Hall–Kier alpha value is -2.18. The predicted octanol–water partition coefficient (Wildman–Crippen LogP) is 3.23. The fourth-order valence-corrected chi connectivity index (χ4v) is 5.38. The Labute approximate surface area is 183 Å². The van der Waals surface area contributed by atoms with Crippen molar-refractivity contribution in [2.75, 3.05) is 19.6 Å². The van der Waals surface area contributed by atoms with Crippen LogP contribution in [0.5, 0.6) is 0 Å². The van der Waals surface area contributed by atoms with E-state index in [1.807, 2.05) is 30.0 Å². The Bertz CT molecular complexity index is 858. The summed E-state index contributed by atoms with van der Waals surface area (Å²) in [4.78, 5) is 31.0. The van der Waals surface area contributed by atoms with E-state index < -0.39 is 0 Å². The summed E-state index contributed by atoms with van der Waals surface area (Å²) in [6.07, 6.45) is 4.09. The van der Waals surface area contributed by atoms with Gasteiger partial charge in [0, 0.05) is 43.5 Å². The van der Waals surface area contributed by atoms with Gasteiger partial charge in [-0.25, -0.2) is 0 Å². The molecule has 1 atom stereocenters. The highest BCUT2D eigenvalue weighted by Crippen LogP contribution is 2.25. The van der Waals surface area contributed by atoms with Crippen molar-refractivity contribution in [2.24, 2.45) is 0 Å². The highest BCUT2D eigenvalue weighted by atomic mass is 32.1. The van der Waals surface area contributed by atoms with Gasteiger partial charge < -0.3 is 10.2 Å². The zero-order chi connectivity index (χ0) is 20.9. The molecule has 4 rings (SSSR count). The third-order valence-electron chi connectivity index (χ3n) is 6.40. The fourth-order valence-electron chi connectivity index (χ4n) is 4.49. The molecule has 0 bridgehead atoms. The highest BCUT2D eigenvalue weighted by Gasteiger charge is 2.31. The molecule has 1 N–H and O–H groups in total. The summed E-state index contributed by atoms with van der Waals surface area (Å²) in [5.41, 5.74) is 2.51. The van der Waals surface area contributed by atoms with E-state index in [1.54, 1.807) is 11.3 Å². The van der Waals surface area contributed by atoms with Gasteiger partial charge in [-0.3, -0.25) is 14.5 Å². The molecule has 2 aliphatic heterocycles. The number of fused-ring (bicyclic) bond motifs is 1. The summed E-state index contributed by atoms with van der Waals surface area (Å²) in [6.45, 7) is 5.31. The van der Waals surface area contributed by atoms with E-state index in [2.05, 4.69) is 33.8 Å². The average Bonchev–Trinajstić information content (AvgIpc) is 3.26. The van der Waals surface area contributed by atoms with Gasteiger partial charge in [-0.1, -0.05) is 30.3 Å². The highest BCUT2D eigenvalue weighted by molar-refractivity contribution is 7.10. The Balaban J connectivity index is 1.20. The zero-order valence-electron chi connectivity index (χ0n) is 17.7. The number of carbonyl (C=O) groups excluding carboxylic acids is 2. The van der Waals surface area contributed by atoms with E-state index in [0.29, 0.717) is 6.42 Å². The van der Waals surface area contributed by atoms with Crippen molar-refractivity contribution >= 4 is 23.2 Å². The molecule has 0 saturated carbocycles. The lowest BCUT2D eigenvalue weighted by atomic mass is 10.0. The van der Waals surface area contributed by atoms with Crippen molar-refractivity contribution in [3.05, 3.63) is 57.8 Å². The number of nitrogens with one attached hydrogen (secondary N) is 1. The second-order valence-corrected chi connectivity index (χ2v) is 9.42. The van der Waals surface area contributed by atoms with Crippen LogP contribution in [0.1, 0.15) is 42.2 Å². The molecule has 0 spiro atoms. The van der Waals surface area contributed by atoms with Crippen molar-refractivity contribution in [1.29, 1.82) is 0 Å². The first-order valence-electron chi connectivity index (χ1n) is 11.0. The summed E-state index contributed by atoms with van der Waals surface area (Å²) in [7, 11) is 0. The van der Waals surface area contributed by atoms with Crippen LogP contribution in [0.2, 0.25) is 0 Å². The van der Waals surface area contributed by atoms with Crippen molar-refractivity contribution in [1.82, 2.24) is 15.1 Å². The van der Waals surface area contributed by atoms with Crippen molar-refractivity contribution in [3.8, 4) is 0 Å². The number of nitrogens with zero attached hydrogens (tertiary/aromatic N) is 2. The van der Waals surface area contributed by atoms with Gasteiger partial charge >= 0.3 is 0 Å². The number of thiophene rings is 1. The number of carbonyl (C=O) groups is 2. The number of likely N-dealkylation sites (tertiary alicyclic amines) is 1. The van der Waals surface area contributed by atoms with Crippen molar-refractivity contribution in [3.63, 3.8) is 0 Å². The summed E-state index contributed by atoms with van der Waals surface area (Å²) in [6, 6.07) is 12.4. The summed E-state index contributed by atoms with van der Waals surface area (Å²) in [5, 5.41) is 5.32. The molecule has 0 aliphatic carbocycles. The third kappa shape index (κ3) is 5.10. The first-order valence-corrected chi connectivity index (χ1v) is 11.9. The van der Waals surface area contributed by atoms with E-state index in [-0.39, 0.29) is 23.9 Å². The van der Waals surface area contributed by atoms with Crippen LogP contribution in [0, 0.1) is 0 Å². The van der Waals surface area contributed by atoms with Crippen LogP contribution in [0.4, 0.5) is 0 Å².